The number of carbonyl (C=O) groups excluding carboxylic acids is 1. The third-order valence-corrected chi connectivity index (χ3v) is 2.88. The van der Waals surface area contributed by atoms with Crippen molar-refractivity contribution in [1.82, 2.24) is 4.90 Å². The molecule has 0 spiro atoms. The molecule has 1 aromatic carbocycles. The molecule has 0 saturated carbocycles. The second-order valence-electron chi connectivity index (χ2n) is 4.46. The summed E-state index contributed by atoms with van der Waals surface area (Å²) >= 11 is 0. The zero-order chi connectivity index (χ0) is 14.3. The number of nitrogens with two attached hydrogens (primary N) is 1. The smallest absolute Gasteiger partial charge is 0.165 e. The van der Waals surface area contributed by atoms with Crippen LogP contribution in [0.2, 0.25) is 0 Å². The third-order valence-electron chi connectivity index (χ3n) is 2.88. The molecule has 0 aliphatic rings. The molecule has 0 amide bonds. The number of carbonyl (C=O) groups is 1. The minimum atomic E-state index is 0.585. The number of hydrogen-bond donors (Lipinski definition) is 1. The molecule has 0 unspecified atom stereocenters. The van der Waals surface area contributed by atoms with Gasteiger partial charge in [0, 0.05) is 30.3 Å². The standard InChI is InChI=1S/C14H22N2O3/c1-16(6-4-5-7-17)10-11-8-12(15)9-13(18-2)14(11)19-3/h7-9H,4-6,10,15H2,1-3H3. The Bertz CT molecular complexity index is 421. The van der Waals surface area contributed by atoms with E-state index in [0.717, 1.165) is 24.8 Å². The number of ether oxygens (including phenoxy) is 2. The summed E-state index contributed by atoms with van der Waals surface area (Å²) < 4.78 is 10.7. The molecule has 106 valence electrons. The van der Waals surface area contributed by atoms with E-state index >= 15 is 0 Å². The summed E-state index contributed by atoms with van der Waals surface area (Å²) in [6.45, 7) is 1.54. The van der Waals surface area contributed by atoms with Gasteiger partial charge in [-0.25, -0.2) is 0 Å². The van der Waals surface area contributed by atoms with Crippen LogP contribution in [0.5, 0.6) is 11.5 Å². The van der Waals surface area contributed by atoms with E-state index in [1.54, 1.807) is 20.3 Å². The van der Waals surface area contributed by atoms with Gasteiger partial charge in [0.25, 0.3) is 0 Å². The van der Waals surface area contributed by atoms with Crippen LogP contribution in [0.3, 0.4) is 0 Å². The molecule has 0 atom stereocenters. The number of unbranched alkanes of at least 4 members (excludes halogenated alkanes) is 1. The normalized spacial score (nSPS) is 10.5. The first-order valence-corrected chi connectivity index (χ1v) is 6.25. The molecule has 0 heterocycles. The number of hydrogen-bond acceptors (Lipinski definition) is 5. The maximum absolute atomic E-state index is 10.3. The highest BCUT2D eigenvalue weighted by molar-refractivity contribution is 5.57. The van der Waals surface area contributed by atoms with Gasteiger partial charge in [0.2, 0.25) is 0 Å². The van der Waals surface area contributed by atoms with Crippen LogP contribution in [0.25, 0.3) is 0 Å². The van der Waals surface area contributed by atoms with Gasteiger partial charge in [0.15, 0.2) is 11.5 Å². The minimum Gasteiger partial charge on any atom is -0.493 e. The van der Waals surface area contributed by atoms with Crippen molar-refractivity contribution in [2.24, 2.45) is 0 Å². The first-order valence-electron chi connectivity index (χ1n) is 6.25. The minimum absolute atomic E-state index is 0.585. The summed E-state index contributed by atoms with van der Waals surface area (Å²) in [5, 5.41) is 0. The molecule has 0 radical (unpaired) electrons. The first-order chi connectivity index (χ1) is 9.12. The zero-order valence-electron chi connectivity index (χ0n) is 11.8. The summed E-state index contributed by atoms with van der Waals surface area (Å²) in [5.41, 5.74) is 7.48. The van der Waals surface area contributed by atoms with E-state index < -0.39 is 0 Å². The molecule has 0 bridgehead atoms. The quantitative estimate of drug-likeness (QED) is 0.441. The van der Waals surface area contributed by atoms with Crippen LogP contribution < -0.4 is 15.2 Å². The van der Waals surface area contributed by atoms with E-state index in [1.165, 1.54) is 0 Å². The molecule has 0 saturated heterocycles. The van der Waals surface area contributed by atoms with Crippen LogP contribution in [0.1, 0.15) is 18.4 Å². The second-order valence-corrected chi connectivity index (χ2v) is 4.46. The van der Waals surface area contributed by atoms with Crippen molar-refractivity contribution in [3.63, 3.8) is 0 Å². The van der Waals surface area contributed by atoms with Crippen LogP contribution in [-0.4, -0.2) is 39.0 Å². The lowest BCUT2D eigenvalue weighted by Crippen LogP contribution is -2.19. The Kier molecular flexibility index (Phi) is 6.15. The van der Waals surface area contributed by atoms with Crippen molar-refractivity contribution in [3.8, 4) is 11.5 Å². The average molecular weight is 266 g/mol. The van der Waals surface area contributed by atoms with Crippen LogP contribution in [-0.2, 0) is 11.3 Å². The van der Waals surface area contributed by atoms with Crippen LogP contribution in [0, 0.1) is 0 Å². The van der Waals surface area contributed by atoms with Crippen LogP contribution in [0.4, 0.5) is 5.69 Å². The molecule has 1 rings (SSSR count). The summed E-state index contributed by atoms with van der Waals surface area (Å²) in [4.78, 5) is 12.4. The van der Waals surface area contributed by atoms with Crippen molar-refractivity contribution < 1.29 is 14.3 Å². The van der Waals surface area contributed by atoms with Crippen molar-refractivity contribution in [2.75, 3.05) is 33.5 Å². The number of anilines is 1. The Morgan fingerprint density at radius 1 is 1.32 bits per heavy atom. The Labute approximate surface area is 114 Å². The van der Waals surface area contributed by atoms with E-state index in [4.69, 9.17) is 15.2 Å². The largest absolute Gasteiger partial charge is 0.493 e. The Morgan fingerprint density at radius 3 is 2.63 bits per heavy atom. The highest BCUT2D eigenvalue weighted by Crippen LogP contribution is 2.34. The van der Waals surface area contributed by atoms with E-state index in [9.17, 15) is 4.79 Å². The van der Waals surface area contributed by atoms with E-state index in [-0.39, 0.29) is 0 Å². The number of aldehydes is 1. The number of nitrogens with zero attached hydrogens (tertiary/aromatic N) is 1. The fourth-order valence-electron chi connectivity index (χ4n) is 2.00. The van der Waals surface area contributed by atoms with Gasteiger partial charge in [0.1, 0.15) is 6.29 Å². The van der Waals surface area contributed by atoms with Gasteiger partial charge in [-0.2, -0.15) is 0 Å². The molecule has 0 fully saturated rings. The SMILES string of the molecule is COc1cc(N)cc(CN(C)CCCC=O)c1OC. The number of methoxy groups -OCH3 is 2. The van der Waals surface area contributed by atoms with Crippen molar-refractivity contribution in [3.05, 3.63) is 17.7 Å². The van der Waals surface area contributed by atoms with Gasteiger partial charge in [0.05, 0.1) is 14.2 Å². The van der Waals surface area contributed by atoms with Gasteiger partial charge in [-0.1, -0.05) is 0 Å². The van der Waals surface area contributed by atoms with Gasteiger partial charge in [-0.3, -0.25) is 0 Å². The van der Waals surface area contributed by atoms with Gasteiger partial charge >= 0.3 is 0 Å². The lowest BCUT2D eigenvalue weighted by atomic mass is 10.1. The van der Waals surface area contributed by atoms with Crippen molar-refractivity contribution in [1.29, 1.82) is 0 Å². The first kappa shape index (κ1) is 15.3. The van der Waals surface area contributed by atoms with E-state index in [2.05, 4.69) is 4.90 Å². The Morgan fingerprint density at radius 2 is 2.05 bits per heavy atom. The fraction of sp³-hybridized carbons (Fsp3) is 0.500. The highest BCUT2D eigenvalue weighted by atomic mass is 16.5. The van der Waals surface area contributed by atoms with Gasteiger partial charge in [-0.05, 0) is 26.1 Å². The van der Waals surface area contributed by atoms with E-state index in [0.29, 0.717) is 30.2 Å². The fourth-order valence-corrected chi connectivity index (χ4v) is 2.00. The zero-order valence-corrected chi connectivity index (χ0v) is 11.8. The summed E-state index contributed by atoms with van der Waals surface area (Å²) in [7, 11) is 5.21. The molecule has 19 heavy (non-hydrogen) atoms. The molecule has 5 heteroatoms. The second kappa shape index (κ2) is 7.63. The number of rotatable bonds is 8. The Hall–Kier alpha value is -1.75. The van der Waals surface area contributed by atoms with Gasteiger partial charge in [-0.15, -0.1) is 0 Å². The predicted molar refractivity (Wildman–Crippen MR) is 75.6 cm³/mol. The monoisotopic (exact) mass is 266 g/mol. The van der Waals surface area contributed by atoms with Crippen LogP contribution >= 0.6 is 0 Å². The van der Waals surface area contributed by atoms with Gasteiger partial charge < -0.3 is 24.9 Å². The molecule has 5 nitrogen and oxygen atoms in total. The lowest BCUT2D eigenvalue weighted by Gasteiger charge is -2.19. The third kappa shape index (κ3) is 4.44. The maximum Gasteiger partial charge on any atom is 0.165 e. The number of benzene rings is 1. The predicted octanol–water partition coefficient (Wildman–Crippen LogP) is 1.70. The summed E-state index contributed by atoms with van der Waals surface area (Å²) in [6.07, 6.45) is 2.38. The maximum atomic E-state index is 10.3. The van der Waals surface area contributed by atoms with E-state index in [1.807, 2.05) is 13.1 Å². The van der Waals surface area contributed by atoms with Crippen LogP contribution in [0.15, 0.2) is 12.1 Å². The number of nitrogen functional groups attached to an aromatic ring is 1. The van der Waals surface area contributed by atoms with Crippen molar-refractivity contribution >= 4 is 12.0 Å². The lowest BCUT2D eigenvalue weighted by molar-refractivity contribution is -0.108. The molecule has 0 aliphatic heterocycles. The summed E-state index contributed by atoms with van der Waals surface area (Å²) in [6, 6.07) is 3.63. The van der Waals surface area contributed by atoms with Crippen molar-refractivity contribution in [2.45, 2.75) is 19.4 Å². The summed E-state index contributed by atoms with van der Waals surface area (Å²) in [5.74, 6) is 1.35. The topological polar surface area (TPSA) is 64.8 Å². The molecule has 0 aromatic heterocycles. The molecular formula is C14H22N2O3. The highest BCUT2D eigenvalue weighted by Gasteiger charge is 2.13. The molecular weight excluding hydrogens is 244 g/mol. The Balaban J connectivity index is 2.81. The molecule has 0 aliphatic carbocycles. The molecule has 2 N–H and O–H groups in total. The molecule has 1 aromatic rings. The average Bonchev–Trinajstić information content (AvgIpc) is 2.38.